The highest BCUT2D eigenvalue weighted by Crippen LogP contribution is 2.19. The molecular formula is C19H20N2O. The van der Waals surface area contributed by atoms with Crippen LogP contribution in [0, 0.1) is 24.2 Å². The van der Waals surface area contributed by atoms with Crippen LogP contribution in [0.25, 0.3) is 0 Å². The third-order valence-electron chi connectivity index (χ3n) is 3.79. The SMILES string of the molecule is CCN(C(=O)C(C#N)Cc1ccccc1C)c1ccccc1. The number of para-hydroxylation sites is 1. The number of carbonyl (C=O) groups is 1. The molecule has 0 aliphatic rings. The van der Waals surface area contributed by atoms with Gasteiger partial charge in [-0.2, -0.15) is 5.26 Å². The maximum absolute atomic E-state index is 12.7. The van der Waals surface area contributed by atoms with E-state index in [4.69, 9.17) is 0 Å². The molecule has 3 heteroatoms. The average molecular weight is 292 g/mol. The summed E-state index contributed by atoms with van der Waals surface area (Å²) in [5, 5.41) is 9.44. The van der Waals surface area contributed by atoms with E-state index in [-0.39, 0.29) is 5.91 Å². The van der Waals surface area contributed by atoms with E-state index in [2.05, 4.69) is 6.07 Å². The van der Waals surface area contributed by atoms with Gasteiger partial charge in [-0.05, 0) is 43.5 Å². The fourth-order valence-corrected chi connectivity index (χ4v) is 2.51. The first-order valence-electron chi connectivity index (χ1n) is 7.48. The lowest BCUT2D eigenvalue weighted by Gasteiger charge is -2.23. The summed E-state index contributed by atoms with van der Waals surface area (Å²) in [7, 11) is 0. The van der Waals surface area contributed by atoms with E-state index in [0.717, 1.165) is 16.8 Å². The summed E-state index contributed by atoms with van der Waals surface area (Å²) in [4.78, 5) is 14.4. The predicted octanol–water partition coefficient (Wildman–Crippen LogP) is 3.73. The van der Waals surface area contributed by atoms with Crippen LogP contribution in [0.15, 0.2) is 54.6 Å². The molecule has 2 aromatic rings. The van der Waals surface area contributed by atoms with E-state index in [1.54, 1.807) is 4.90 Å². The lowest BCUT2D eigenvalue weighted by Crippen LogP contribution is -2.36. The molecule has 2 aromatic carbocycles. The van der Waals surface area contributed by atoms with Gasteiger partial charge in [-0.3, -0.25) is 4.79 Å². The molecule has 0 aromatic heterocycles. The zero-order valence-corrected chi connectivity index (χ0v) is 13.0. The van der Waals surface area contributed by atoms with Gasteiger partial charge in [-0.1, -0.05) is 42.5 Å². The van der Waals surface area contributed by atoms with Gasteiger partial charge in [-0.15, -0.1) is 0 Å². The first kappa shape index (κ1) is 15.8. The van der Waals surface area contributed by atoms with Crippen LogP contribution >= 0.6 is 0 Å². The Morgan fingerprint density at radius 3 is 2.36 bits per heavy atom. The molecule has 0 saturated carbocycles. The van der Waals surface area contributed by atoms with Crippen molar-refractivity contribution in [3.8, 4) is 6.07 Å². The van der Waals surface area contributed by atoms with Crippen molar-refractivity contribution in [3.63, 3.8) is 0 Å². The third-order valence-corrected chi connectivity index (χ3v) is 3.79. The van der Waals surface area contributed by atoms with Crippen LogP contribution in [0.1, 0.15) is 18.1 Å². The van der Waals surface area contributed by atoms with Gasteiger partial charge in [0.1, 0.15) is 5.92 Å². The zero-order chi connectivity index (χ0) is 15.9. The number of nitrogens with zero attached hydrogens (tertiary/aromatic N) is 2. The third kappa shape index (κ3) is 3.53. The first-order valence-corrected chi connectivity index (χ1v) is 7.48. The Labute approximate surface area is 131 Å². The molecule has 112 valence electrons. The van der Waals surface area contributed by atoms with Gasteiger partial charge < -0.3 is 4.90 Å². The zero-order valence-electron chi connectivity index (χ0n) is 13.0. The molecule has 0 spiro atoms. The monoisotopic (exact) mass is 292 g/mol. The van der Waals surface area contributed by atoms with Crippen molar-refractivity contribution in [2.24, 2.45) is 5.92 Å². The Kier molecular flexibility index (Phi) is 5.32. The Morgan fingerprint density at radius 2 is 1.77 bits per heavy atom. The quantitative estimate of drug-likeness (QED) is 0.842. The minimum atomic E-state index is -0.666. The molecule has 1 amide bonds. The molecule has 0 fully saturated rings. The number of amides is 1. The number of aryl methyl sites for hydroxylation is 1. The second-order valence-electron chi connectivity index (χ2n) is 5.23. The second-order valence-corrected chi connectivity index (χ2v) is 5.23. The van der Waals surface area contributed by atoms with Gasteiger partial charge in [0.2, 0.25) is 5.91 Å². The summed E-state index contributed by atoms with van der Waals surface area (Å²) in [5.74, 6) is -0.805. The summed E-state index contributed by atoms with van der Waals surface area (Å²) in [6, 6.07) is 19.5. The van der Waals surface area contributed by atoms with Crippen molar-refractivity contribution in [1.82, 2.24) is 0 Å². The smallest absolute Gasteiger partial charge is 0.244 e. The molecule has 2 rings (SSSR count). The van der Waals surface area contributed by atoms with Gasteiger partial charge in [-0.25, -0.2) is 0 Å². The normalized spacial score (nSPS) is 11.5. The number of hydrogen-bond donors (Lipinski definition) is 0. The van der Waals surface area contributed by atoms with Crippen molar-refractivity contribution >= 4 is 11.6 Å². The van der Waals surface area contributed by atoms with Crippen molar-refractivity contribution in [2.45, 2.75) is 20.3 Å². The van der Waals surface area contributed by atoms with E-state index in [1.807, 2.05) is 68.4 Å². The summed E-state index contributed by atoms with van der Waals surface area (Å²) >= 11 is 0. The van der Waals surface area contributed by atoms with Crippen LogP contribution in [0.5, 0.6) is 0 Å². The number of hydrogen-bond acceptors (Lipinski definition) is 2. The topological polar surface area (TPSA) is 44.1 Å². The van der Waals surface area contributed by atoms with Gasteiger partial charge in [0.25, 0.3) is 0 Å². The molecule has 0 radical (unpaired) electrons. The van der Waals surface area contributed by atoms with Gasteiger partial charge in [0.15, 0.2) is 0 Å². The molecule has 0 aliphatic heterocycles. The molecule has 1 atom stereocenters. The van der Waals surface area contributed by atoms with E-state index >= 15 is 0 Å². The van der Waals surface area contributed by atoms with Crippen LogP contribution in [-0.4, -0.2) is 12.5 Å². The number of nitriles is 1. The average Bonchev–Trinajstić information content (AvgIpc) is 2.55. The predicted molar refractivity (Wildman–Crippen MR) is 88.5 cm³/mol. The molecule has 0 bridgehead atoms. The molecule has 0 N–H and O–H groups in total. The Hall–Kier alpha value is -2.60. The molecular weight excluding hydrogens is 272 g/mol. The van der Waals surface area contributed by atoms with Gasteiger partial charge >= 0.3 is 0 Å². The maximum Gasteiger partial charge on any atom is 0.244 e. The lowest BCUT2D eigenvalue weighted by atomic mass is 9.96. The summed E-state index contributed by atoms with van der Waals surface area (Å²) < 4.78 is 0. The van der Waals surface area contributed by atoms with Crippen molar-refractivity contribution in [1.29, 1.82) is 5.26 Å². The largest absolute Gasteiger partial charge is 0.312 e. The number of benzene rings is 2. The second kappa shape index (κ2) is 7.42. The fraction of sp³-hybridized carbons (Fsp3) is 0.263. The van der Waals surface area contributed by atoms with Crippen LogP contribution in [0.2, 0.25) is 0 Å². The van der Waals surface area contributed by atoms with E-state index in [1.165, 1.54) is 0 Å². The summed E-state index contributed by atoms with van der Waals surface area (Å²) in [5.41, 5.74) is 2.99. The molecule has 22 heavy (non-hydrogen) atoms. The lowest BCUT2D eigenvalue weighted by molar-refractivity contribution is -0.120. The van der Waals surface area contributed by atoms with E-state index in [9.17, 15) is 10.1 Å². The minimum absolute atomic E-state index is 0.139. The number of rotatable bonds is 5. The summed E-state index contributed by atoms with van der Waals surface area (Å²) in [6.07, 6.45) is 0.450. The first-order chi connectivity index (χ1) is 10.7. The van der Waals surface area contributed by atoms with Crippen molar-refractivity contribution in [3.05, 3.63) is 65.7 Å². The van der Waals surface area contributed by atoms with Crippen LogP contribution in [-0.2, 0) is 11.2 Å². The fourth-order valence-electron chi connectivity index (χ4n) is 2.51. The van der Waals surface area contributed by atoms with E-state index in [0.29, 0.717) is 13.0 Å². The Balaban J connectivity index is 2.21. The molecule has 3 nitrogen and oxygen atoms in total. The minimum Gasteiger partial charge on any atom is -0.312 e. The number of anilines is 1. The summed E-state index contributed by atoms with van der Waals surface area (Å²) in [6.45, 7) is 4.48. The van der Waals surface area contributed by atoms with Crippen LogP contribution < -0.4 is 4.90 Å². The molecule has 0 heterocycles. The van der Waals surface area contributed by atoms with Crippen molar-refractivity contribution < 1.29 is 4.79 Å². The highest BCUT2D eigenvalue weighted by Gasteiger charge is 2.25. The standard InChI is InChI=1S/C19H20N2O/c1-3-21(18-11-5-4-6-12-18)19(22)17(14-20)13-16-10-8-7-9-15(16)2/h4-12,17H,3,13H2,1-2H3. The molecule has 0 saturated heterocycles. The van der Waals surface area contributed by atoms with E-state index < -0.39 is 5.92 Å². The van der Waals surface area contributed by atoms with Gasteiger partial charge in [0.05, 0.1) is 6.07 Å². The van der Waals surface area contributed by atoms with Crippen LogP contribution in [0.4, 0.5) is 5.69 Å². The van der Waals surface area contributed by atoms with Crippen molar-refractivity contribution in [2.75, 3.05) is 11.4 Å². The maximum atomic E-state index is 12.7. The van der Waals surface area contributed by atoms with Gasteiger partial charge in [0, 0.05) is 12.2 Å². The highest BCUT2D eigenvalue weighted by atomic mass is 16.2. The highest BCUT2D eigenvalue weighted by molar-refractivity contribution is 5.96. The van der Waals surface area contributed by atoms with Crippen LogP contribution in [0.3, 0.4) is 0 Å². The number of carbonyl (C=O) groups excluding carboxylic acids is 1. The molecule has 0 aliphatic carbocycles. The Bertz CT molecular complexity index is 673. The molecule has 1 unspecified atom stereocenters. The Morgan fingerprint density at radius 1 is 1.14 bits per heavy atom.